The SMILES string of the molecule is Cc1nn(-c2ccc(F)cc2)c(C)c1CNCC1CN(C)CCO1. The molecule has 0 amide bonds. The summed E-state index contributed by atoms with van der Waals surface area (Å²) in [7, 11) is 2.12. The van der Waals surface area contributed by atoms with E-state index in [0.717, 1.165) is 49.9 Å². The van der Waals surface area contributed by atoms with Gasteiger partial charge >= 0.3 is 0 Å². The van der Waals surface area contributed by atoms with Gasteiger partial charge in [0.1, 0.15) is 5.82 Å². The van der Waals surface area contributed by atoms with Gasteiger partial charge in [0.05, 0.1) is 24.1 Å². The first-order valence-electron chi connectivity index (χ1n) is 8.36. The van der Waals surface area contributed by atoms with Gasteiger partial charge in [-0.2, -0.15) is 5.10 Å². The summed E-state index contributed by atoms with van der Waals surface area (Å²) in [4.78, 5) is 2.29. The molecule has 2 aromatic rings. The quantitative estimate of drug-likeness (QED) is 0.910. The van der Waals surface area contributed by atoms with Gasteiger partial charge in [0, 0.05) is 37.4 Å². The zero-order valence-corrected chi connectivity index (χ0v) is 14.6. The van der Waals surface area contributed by atoms with E-state index in [-0.39, 0.29) is 11.9 Å². The van der Waals surface area contributed by atoms with Crippen LogP contribution in [0.15, 0.2) is 24.3 Å². The number of nitrogens with zero attached hydrogens (tertiary/aromatic N) is 3. The molecule has 1 atom stereocenters. The van der Waals surface area contributed by atoms with Crippen LogP contribution in [0.1, 0.15) is 17.0 Å². The van der Waals surface area contributed by atoms with E-state index >= 15 is 0 Å². The van der Waals surface area contributed by atoms with Gasteiger partial charge in [-0.1, -0.05) is 0 Å². The Kier molecular flexibility index (Phi) is 5.28. The van der Waals surface area contributed by atoms with E-state index in [0.29, 0.717) is 0 Å². The van der Waals surface area contributed by atoms with Gasteiger partial charge in [-0.3, -0.25) is 0 Å². The van der Waals surface area contributed by atoms with Crippen LogP contribution in [0.3, 0.4) is 0 Å². The molecule has 6 heteroatoms. The Labute approximate surface area is 142 Å². The lowest BCUT2D eigenvalue weighted by Crippen LogP contribution is -2.44. The van der Waals surface area contributed by atoms with Gasteiger partial charge in [0.2, 0.25) is 0 Å². The van der Waals surface area contributed by atoms with Gasteiger partial charge < -0.3 is 15.0 Å². The molecule has 0 bridgehead atoms. The maximum Gasteiger partial charge on any atom is 0.123 e. The number of aryl methyl sites for hydroxylation is 1. The number of halogens is 1. The molecular weight excluding hydrogens is 307 g/mol. The normalized spacial score (nSPS) is 18.9. The topological polar surface area (TPSA) is 42.3 Å². The van der Waals surface area contributed by atoms with E-state index < -0.39 is 0 Å². The fraction of sp³-hybridized carbons (Fsp3) is 0.500. The molecule has 2 heterocycles. The Hall–Kier alpha value is -1.76. The van der Waals surface area contributed by atoms with Crippen LogP contribution >= 0.6 is 0 Å². The Balaban J connectivity index is 1.65. The van der Waals surface area contributed by atoms with Crippen molar-refractivity contribution in [1.29, 1.82) is 0 Å². The highest BCUT2D eigenvalue weighted by Gasteiger charge is 2.18. The summed E-state index contributed by atoms with van der Waals surface area (Å²) in [5.74, 6) is -0.236. The fourth-order valence-corrected chi connectivity index (χ4v) is 3.11. The first kappa shape index (κ1) is 17.1. The molecule has 3 rings (SSSR count). The molecule has 1 aromatic heterocycles. The van der Waals surface area contributed by atoms with E-state index in [4.69, 9.17) is 4.74 Å². The monoisotopic (exact) mass is 332 g/mol. The van der Waals surface area contributed by atoms with E-state index in [2.05, 4.69) is 22.4 Å². The standard InChI is InChI=1S/C18H25FN4O/c1-13-18(11-20-10-17-12-22(3)8-9-24-17)14(2)23(21-13)16-6-4-15(19)5-7-16/h4-7,17,20H,8-12H2,1-3H3. The third kappa shape index (κ3) is 3.83. The largest absolute Gasteiger partial charge is 0.374 e. The van der Waals surface area contributed by atoms with E-state index in [1.165, 1.54) is 17.7 Å². The van der Waals surface area contributed by atoms with Crippen LogP contribution in [0.25, 0.3) is 5.69 Å². The first-order chi connectivity index (χ1) is 11.5. The summed E-state index contributed by atoms with van der Waals surface area (Å²) in [5, 5.41) is 8.08. The summed E-state index contributed by atoms with van der Waals surface area (Å²) in [5.41, 5.74) is 4.13. The van der Waals surface area contributed by atoms with Crippen molar-refractivity contribution in [2.75, 3.05) is 33.3 Å². The minimum Gasteiger partial charge on any atom is -0.374 e. The van der Waals surface area contributed by atoms with Crippen LogP contribution < -0.4 is 5.32 Å². The number of morpholine rings is 1. The number of aromatic nitrogens is 2. The number of likely N-dealkylation sites (N-methyl/N-ethyl adjacent to an activating group) is 1. The zero-order chi connectivity index (χ0) is 17.1. The molecule has 1 aliphatic rings. The molecule has 1 N–H and O–H groups in total. The lowest BCUT2D eigenvalue weighted by molar-refractivity contribution is -0.0182. The summed E-state index contributed by atoms with van der Waals surface area (Å²) in [6.45, 7) is 8.38. The molecule has 0 spiro atoms. The third-order valence-corrected chi connectivity index (χ3v) is 4.53. The highest BCUT2D eigenvalue weighted by molar-refractivity contribution is 5.37. The zero-order valence-electron chi connectivity index (χ0n) is 14.6. The van der Waals surface area contributed by atoms with Crippen molar-refractivity contribution in [1.82, 2.24) is 20.0 Å². The lowest BCUT2D eigenvalue weighted by atomic mass is 10.2. The number of nitrogens with one attached hydrogen (secondary N) is 1. The second-order valence-corrected chi connectivity index (χ2v) is 6.42. The first-order valence-corrected chi connectivity index (χ1v) is 8.36. The Bertz CT molecular complexity index is 683. The Morgan fingerprint density at radius 3 is 2.75 bits per heavy atom. The number of benzene rings is 1. The van der Waals surface area contributed by atoms with Crippen LogP contribution in [0, 0.1) is 19.7 Å². The average molecular weight is 332 g/mol. The fourth-order valence-electron chi connectivity index (χ4n) is 3.11. The smallest absolute Gasteiger partial charge is 0.123 e. The molecule has 0 aliphatic carbocycles. The van der Waals surface area contributed by atoms with Crippen LogP contribution in [0.5, 0.6) is 0 Å². The van der Waals surface area contributed by atoms with E-state index in [9.17, 15) is 4.39 Å². The average Bonchev–Trinajstić information content (AvgIpc) is 2.84. The second kappa shape index (κ2) is 7.42. The molecule has 24 heavy (non-hydrogen) atoms. The molecule has 1 aliphatic heterocycles. The minimum absolute atomic E-state index is 0.233. The molecule has 1 saturated heterocycles. The summed E-state index contributed by atoms with van der Waals surface area (Å²) in [6.07, 6.45) is 0.233. The molecular formula is C18H25FN4O. The van der Waals surface area contributed by atoms with Crippen molar-refractivity contribution >= 4 is 0 Å². The van der Waals surface area contributed by atoms with Crippen molar-refractivity contribution in [2.45, 2.75) is 26.5 Å². The van der Waals surface area contributed by atoms with Crippen molar-refractivity contribution in [3.63, 3.8) is 0 Å². The summed E-state index contributed by atoms with van der Waals surface area (Å²) in [6, 6.07) is 6.41. The molecule has 130 valence electrons. The van der Waals surface area contributed by atoms with Gasteiger partial charge in [-0.25, -0.2) is 9.07 Å². The summed E-state index contributed by atoms with van der Waals surface area (Å²) >= 11 is 0. The number of hydrogen-bond donors (Lipinski definition) is 1. The van der Waals surface area contributed by atoms with Gasteiger partial charge in [-0.15, -0.1) is 0 Å². The number of ether oxygens (including phenoxy) is 1. The van der Waals surface area contributed by atoms with Crippen molar-refractivity contribution in [3.8, 4) is 5.69 Å². The number of hydrogen-bond acceptors (Lipinski definition) is 4. The van der Waals surface area contributed by atoms with Crippen LogP contribution in [0.4, 0.5) is 4.39 Å². The highest BCUT2D eigenvalue weighted by atomic mass is 19.1. The van der Waals surface area contributed by atoms with Crippen molar-refractivity contribution < 1.29 is 9.13 Å². The van der Waals surface area contributed by atoms with Crippen LogP contribution in [0.2, 0.25) is 0 Å². The second-order valence-electron chi connectivity index (χ2n) is 6.42. The molecule has 0 radical (unpaired) electrons. The highest BCUT2D eigenvalue weighted by Crippen LogP contribution is 2.18. The van der Waals surface area contributed by atoms with Gasteiger partial charge in [-0.05, 0) is 45.2 Å². The molecule has 5 nitrogen and oxygen atoms in total. The maximum absolute atomic E-state index is 13.1. The number of rotatable bonds is 5. The predicted molar refractivity (Wildman–Crippen MR) is 91.9 cm³/mol. The van der Waals surface area contributed by atoms with Crippen molar-refractivity contribution in [2.24, 2.45) is 0 Å². The molecule has 1 fully saturated rings. The van der Waals surface area contributed by atoms with Gasteiger partial charge in [0.25, 0.3) is 0 Å². The minimum atomic E-state index is -0.236. The third-order valence-electron chi connectivity index (χ3n) is 4.53. The van der Waals surface area contributed by atoms with Crippen molar-refractivity contribution in [3.05, 3.63) is 47.0 Å². The van der Waals surface area contributed by atoms with Crippen LogP contribution in [-0.4, -0.2) is 54.1 Å². The Morgan fingerprint density at radius 2 is 2.04 bits per heavy atom. The van der Waals surface area contributed by atoms with E-state index in [1.54, 1.807) is 12.1 Å². The summed E-state index contributed by atoms with van der Waals surface area (Å²) < 4.78 is 20.7. The van der Waals surface area contributed by atoms with Crippen LogP contribution in [-0.2, 0) is 11.3 Å². The molecule has 0 saturated carbocycles. The maximum atomic E-state index is 13.1. The molecule has 1 unspecified atom stereocenters. The molecule has 1 aromatic carbocycles. The Morgan fingerprint density at radius 1 is 1.29 bits per heavy atom. The lowest BCUT2D eigenvalue weighted by Gasteiger charge is -2.30. The van der Waals surface area contributed by atoms with Gasteiger partial charge in [0.15, 0.2) is 0 Å². The predicted octanol–water partition coefficient (Wildman–Crippen LogP) is 2.05. The van der Waals surface area contributed by atoms with E-state index in [1.807, 2.05) is 18.5 Å².